The van der Waals surface area contributed by atoms with Gasteiger partial charge in [0.1, 0.15) is 48.8 Å². The molecule has 0 bridgehead atoms. The molecule has 0 aromatic rings. The molecule has 9 N–H and O–H groups in total. The Balaban J connectivity index is 1.63. The summed E-state index contributed by atoms with van der Waals surface area (Å²) in [5.41, 5.74) is 0. The summed E-state index contributed by atoms with van der Waals surface area (Å²) in [4.78, 5) is 13.4. The lowest BCUT2D eigenvalue weighted by molar-refractivity contribution is -0.359. The number of ether oxygens (including phenoxy) is 4. The number of nitrogens with one attached hydrogen (secondary N) is 1. The third-order valence-corrected chi connectivity index (χ3v) is 19.8. The van der Waals surface area contributed by atoms with E-state index in [0.717, 1.165) is 57.8 Å². The lowest BCUT2D eigenvalue weighted by Crippen LogP contribution is -2.65. The quantitative estimate of drug-likeness (QED) is 0.0204. The molecule has 0 aromatic heterocycles. The molecular weight excluding hydrogens is 1230 g/mol. The van der Waals surface area contributed by atoms with Gasteiger partial charge in [-0.15, -0.1) is 0 Å². The number of allylic oxidation sites excluding steroid dienone is 11. The number of aliphatic hydroxyl groups excluding tert-OH is 8. The summed E-state index contributed by atoms with van der Waals surface area (Å²) < 4.78 is 22.9. The summed E-state index contributed by atoms with van der Waals surface area (Å²) in [5, 5.41) is 87.7. The fourth-order valence-electron chi connectivity index (χ4n) is 13.3. The molecule has 14 nitrogen and oxygen atoms in total. The number of hydrogen-bond acceptors (Lipinski definition) is 13. The van der Waals surface area contributed by atoms with Crippen molar-refractivity contribution in [2.24, 2.45) is 0 Å². The molecule has 2 aliphatic heterocycles. The highest BCUT2D eigenvalue weighted by Crippen LogP contribution is 2.30. The molecule has 2 saturated heterocycles. The van der Waals surface area contributed by atoms with Crippen molar-refractivity contribution >= 4 is 5.91 Å². The van der Waals surface area contributed by atoms with Gasteiger partial charge in [-0.25, -0.2) is 0 Å². The van der Waals surface area contributed by atoms with E-state index in [-0.39, 0.29) is 18.9 Å². The fourth-order valence-corrected chi connectivity index (χ4v) is 13.3. The number of amides is 1. The Bertz CT molecular complexity index is 1920. The topological polar surface area (TPSA) is 228 Å². The van der Waals surface area contributed by atoms with Crippen molar-refractivity contribution in [2.75, 3.05) is 19.8 Å². The van der Waals surface area contributed by atoms with Crippen LogP contribution in [0.15, 0.2) is 72.9 Å². The van der Waals surface area contributed by atoms with Crippen LogP contribution >= 0.6 is 0 Å². The van der Waals surface area contributed by atoms with Crippen LogP contribution in [0.25, 0.3) is 0 Å². The minimum absolute atomic E-state index is 0.249. The molecule has 12 unspecified atom stereocenters. The van der Waals surface area contributed by atoms with Gasteiger partial charge in [0.25, 0.3) is 0 Å². The van der Waals surface area contributed by atoms with E-state index in [0.29, 0.717) is 12.8 Å². The number of carbonyl (C=O) groups is 1. The van der Waals surface area contributed by atoms with Crippen LogP contribution in [0.4, 0.5) is 0 Å². The highest BCUT2D eigenvalue weighted by atomic mass is 16.7. The Hall–Kier alpha value is -2.57. The maximum Gasteiger partial charge on any atom is 0.220 e. The van der Waals surface area contributed by atoms with E-state index in [1.54, 1.807) is 6.08 Å². The van der Waals surface area contributed by atoms with Gasteiger partial charge >= 0.3 is 0 Å². The summed E-state index contributed by atoms with van der Waals surface area (Å²) in [6.45, 7) is 2.81. The van der Waals surface area contributed by atoms with Crippen LogP contribution in [0.1, 0.15) is 361 Å². The van der Waals surface area contributed by atoms with Crippen LogP contribution in [-0.4, -0.2) is 140 Å². The van der Waals surface area contributed by atoms with Crippen molar-refractivity contribution in [3.8, 4) is 0 Å². The van der Waals surface area contributed by atoms with Gasteiger partial charge in [0.15, 0.2) is 12.6 Å². The van der Waals surface area contributed by atoms with Gasteiger partial charge in [0.05, 0.1) is 32.0 Å². The number of hydrogen-bond donors (Lipinski definition) is 9. The van der Waals surface area contributed by atoms with Gasteiger partial charge in [-0.2, -0.15) is 0 Å². The van der Waals surface area contributed by atoms with Gasteiger partial charge in [-0.1, -0.05) is 344 Å². The summed E-state index contributed by atoms with van der Waals surface area (Å²) in [6, 6.07) is -0.943. The first kappa shape index (κ1) is 91.5. The SMILES string of the molecule is CCCCCCC/C=C\C/C=C\C/C=C\CCCCCCCCCCCCCCCCCCCCC(=O)NC(COC1OC(CO)C(OC2OC(CO)C(O)C(O)C2O)C(O)C1O)C(O)/C=C/CC/C=C/CC/C=C/CCCCCCCCCCCCCCCCCCCCCCC. The molecule has 2 fully saturated rings. The van der Waals surface area contributed by atoms with Crippen molar-refractivity contribution in [1.82, 2.24) is 5.32 Å². The Labute approximate surface area is 599 Å². The highest BCUT2D eigenvalue weighted by Gasteiger charge is 2.51. The molecule has 0 spiro atoms. The highest BCUT2D eigenvalue weighted by molar-refractivity contribution is 5.76. The second-order valence-corrected chi connectivity index (χ2v) is 28.9. The Kier molecular flexibility index (Phi) is 63.1. The molecule has 98 heavy (non-hydrogen) atoms. The molecular formula is C84H153NO13. The van der Waals surface area contributed by atoms with Gasteiger partial charge in [-0.3, -0.25) is 4.79 Å². The zero-order valence-corrected chi connectivity index (χ0v) is 62.8. The summed E-state index contributed by atoms with van der Waals surface area (Å²) in [5.74, 6) is -0.249. The first-order valence-electron chi connectivity index (χ1n) is 41.2. The van der Waals surface area contributed by atoms with Crippen LogP contribution in [0.3, 0.4) is 0 Å². The van der Waals surface area contributed by atoms with E-state index >= 15 is 0 Å². The summed E-state index contributed by atoms with van der Waals surface area (Å²) in [6.07, 6.45) is 77.1. The lowest BCUT2D eigenvalue weighted by Gasteiger charge is -2.46. The molecule has 12 atom stereocenters. The third kappa shape index (κ3) is 49.9. The fraction of sp³-hybridized carbons (Fsp3) is 0.845. The first-order chi connectivity index (χ1) is 48.1. The molecule has 0 aromatic carbocycles. The molecule has 2 rings (SSSR count). The minimum atomic E-state index is -1.80. The maximum atomic E-state index is 13.4. The van der Waals surface area contributed by atoms with Gasteiger partial charge in [0, 0.05) is 6.42 Å². The van der Waals surface area contributed by atoms with Crippen molar-refractivity contribution in [3.63, 3.8) is 0 Å². The second-order valence-electron chi connectivity index (χ2n) is 28.9. The molecule has 1 amide bonds. The van der Waals surface area contributed by atoms with E-state index in [1.807, 2.05) is 6.08 Å². The van der Waals surface area contributed by atoms with Gasteiger partial charge in [0.2, 0.25) is 5.91 Å². The first-order valence-corrected chi connectivity index (χ1v) is 41.2. The van der Waals surface area contributed by atoms with Gasteiger partial charge in [-0.05, 0) is 83.5 Å². The van der Waals surface area contributed by atoms with Crippen molar-refractivity contribution < 1.29 is 64.6 Å². The molecule has 2 heterocycles. The standard InChI is InChI=1S/C84H153NO13/c1-3-5-7-9-11-13-15-17-19-21-23-25-27-29-31-33-35-36-38-40-42-44-46-48-50-52-54-56-58-60-62-64-66-68-76(89)85-72(71-95-83-81(94)79(92)82(75(70-87)97-83)98-84-80(93)78(91)77(90)74(69-86)96-84)73(88)67-65-63-61-59-57-55-53-51-49-47-45-43-41-39-37-34-32-30-28-26-24-22-20-18-16-14-12-10-8-6-4-2/h15,17,21,23,27,29,49,51,57,59,65,67,72-75,77-84,86-88,90-94H,3-14,16,18-20,22,24-26,28,30-48,50,52-56,58,60-64,66,68-71H2,1-2H3,(H,85,89)/b17-15-,23-21-,29-27-,51-49+,59-57+,67-65+. The van der Waals surface area contributed by atoms with E-state index < -0.39 is 86.8 Å². The molecule has 572 valence electrons. The van der Waals surface area contributed by atoms with Crippen LogP contribution < -0.4 is 5.32 Å². The summed E-state index contributed by atoms with van der Waals surface area (Å²) in [7, 11) is 0. The Morgan fingerprint density at radius 3 is 1.07 bits per heavy atom. The number of rotatable bonds is 69. The van der Waals surface area contributed by atoms with Crippen LogP contribution in [0.5, 0.6) is 0 Å². The molecule has 2 aliphatic rings. The van der Waals surface area contributed by atoms with Crippen molar-refractivity contribution in [1.29, 1.82) is 0 Å². The minimum Gasteiger partial charge on any atom is -0.394 e. The maximum absolute atomic E-state index is 13.4. The average molecular weight is 1390 g/mol. The predicted octanol–water partition coefficient (Wildman–Crippen LogP) is 18.9. The van der Waals surface area contributed by atoms with Crippen LogP contribution in [0.2, 0.25) is 0 Å². The van der Waals surface area contributed by atoms with Crippen molar-refractivity contribution in [3.05, 3.63) is 72.9 Å². The van der Waals surface area contributed by atoms with E-state index in [2.05, 4.69) is 79.9 Å². The number of carbonyl (C=O) groups excluding carboxylic acids is 1. The van der Waals surface area contributed by atoms with Crippen LogP contribution in [0, 0.1) is 0 Å². The Morgan fingerprint density at radius 2 is 0.684 bits per heavy atom. The van der Waals surface area contributed by atoms with E-state index in [9.17, 15) is 45.6 Å². The normalized spacial score (nSPS) is 22.4. The molecule has 14 heteroatoms. The van der Waals surface area contributed by atoms with E-state index in [1.165, 1.54) is 270 Å². The molecule has 0 radical (unpaired) electrons. The Morgan fingerprint density at radius 1 is 0.367 bits per heavy atom. The molecule has 0 saturated carbocycles. The zero-order valence-electron chi connectivity index (χ0n) is 62.8. The van der Waals surface area contributed by atoms with E-state index in [4.69, 9.17) is 18.9 Å². The number of aliphatic hydroxyl groups is 8. The van der Waals surface area contributed by atoms with Crippen LogP contribution in [-0.2, 0) is 23.7 Å². The predicted molar refractivity (Wildman–Crippen MR) is 406 cm³/mol. The summed E-state index contributed by atoms with van der Waals surface area (Å²) >= 11 is 0. The monoisotopic (exact) mass is 1380 g/mol. The largest absolute Gasteiger partial charge is 0.394 e. The number of unbranched alkanes of at least 4 members (excludes halogenated alkanes) is 46. The zero-order chi connectivity index (χ0) is 70.8. The average Bonchev–Trinajstić information content (AvgIpc) is 0.793. The third-order valence-electron chi connectivity index (χ3n) is 19.8. The smallest absolute Gasteiger partial charge is 0.220 e. The van der Waals surface area contributed by atoms with Gasteiger partial charge < -0.3 is 65.1 Å². The molecule has 0 aliphatic carbocycles. The lowest BCUT2D eigenvalue weighted by atomic mass is 9.97. The second kappa shape index (κ2) is 67.6. The van der Waals surface area contributed by atoms with Crippen molar-refractivity contribution in [2.45, 2.75) is 434 Å².